The molecule has 0 aliphatic heterocycles. The number of nitrogens with zero attached hydrogens (tertiary/aromatic N) is 1. The molecule has 0 atom stereocenters. The Morgan fingerprint density at radius 1 is 1.32 bits per heavy atom. The second-order valence-corrected chi connectivity index (χ2v) is 7.74. The maximum atomic E-state index is 13.4. The van der Waals surface area contributed by atoms with E-state index in [0.717, 1.165) is 22.9 Å². The van der Waals surface area contributed by atoms with Gasteiger partial charge in [0.25, 0.3) is 5.91 Å². The Morgan fingerprint density at radius 3 is 2.60 bits per heavy atom. The lowest BCUT2D eigenvalue weighted by atomic mass is 10.0. The summed E-state index contributed by atoms with van der Waals surface area (Å²) in [5.41, 5.74) is -3.30. The Hall–Kier alpha value is -2.15. The normalized spacial score (nSPS) is 19.1. The lowest BCUT2D eigenvalue weighted by Gasteiger charge is -2.17. The standard InChI is InChI=1S/C18H23FN2O3S/c1-12-8-13(6-7-15(12)19)20-17(22)16-9-14(10-21(16)5)25(23,24)11-18(2,3)4/h6-10H,11H2,1-5H3,(H,20,22)/i2D3,3D3,4D3. The van der Waals surface area contributed by atoms with Crippen molar-refractivity contribution in [1.29, 1.82) is 0 Å². The molecule has 1 aromatic heterocycles. The maximum absolute atomic E-state index is 13.4. The van der Waals surface area contributed by atoms with E-state index in [0.29, 0.717) is 0 Å². The maximum Gasteiger partial charge on any atom is 0.272 e. The summed E-state index contributed by atoms with van der Waals surface area (Å²) in [6.07, 6.45) is 0.948. The average Bonchev–Trinajstić information content (AvgIpc) is 3.02. The number of hydrogen-bond acceptors (Lipinski definition) is 3. The van der Waals surface area contributed by atoms with Crippen LogP contribution in [0.3, 0.4) is 0 Å². The number of sulfone groups is 1. The van der Waals surface area contributed by atoms with Gasteiger partial charge in [0, 0.05) is 31.3 Å². The number of hydrogen-bond donors (Lipinski definition) is 1. The van der Waals surface area contributed by atoms with Crippen LogP contribution in [0, 0.1) is 18.2 Å². The zero-order chi connectivity index (χ0) is 26.5. The lowest BCUT2D eigenvalue weighted by molar-refractivity contribution is 0.101. The van der Waals surface area contributed by atoms with Crippen LogP contribution in [0.2, 0.25) is 0 Å². The van der Waals surface area contributed by atoms with E-state index in [9.17, 15) is 17.6 Å². The van der Waals surface area contributed by atoms with Gasteiger partial charge >= 0.3 is 0 Å². The quantitative estimate of drug-likeness (QED) is 0.889. The van der Waals surface area contributed by atoms with Crippen LogP contribution in [0.5, 0.6) is 0 Å². The van der Waals surface area contributed by atoms with Crippen LogP contribution < -0.4 is 5.32 Å². The number of anilines is 1. The molecule has 1 aromatic carbocycles. The van der Waals surface area contributed by atoms with Crippen LogP contribution in [0.1, 0.15) is 48.9 Å². The number of halogens is 1. The molecule has 25 heavy (non-hydrogen) atoms. The minimum atomic E-state index is -4.82. The van der Waals surface area contributed by atoms with Crippen molar-refractivity contribution < 1.29 is 29.9 Å². The van der Waals surface area contributed by atoms with Crippen molar-refractivity contribution in [1.82, 2.24) is 4.57 Å². The number of nitrogens with one attached hydrogen (secondary N) is 1. The molecule has 0 aliphatic rings. The van der Waals surface area contributed by atoms with Crippen LogP contribution in [-0.2, 0) is 16.9 Å². The molecule has 1 N–H and O–H groups in total. The summed E-state index contributed by atoms with van der Waals surface area (Å²) >= 11 is 0. The van der Waals surface area contributed by atoms with E-state index in [-0.39, 0.29) is 16.9 Å². The molecule has 7 heteroatoms. The SMILES string of the molecule is [2H]C([2H])([2H])C(CS(=O)(=O)c1cc(C(=O)Nc2ccc(F)c(C)c2)n(C)c1)(C([2H])([2H])[2H])C([2H])([2H])[2H]. The van der Waals surface area contributed by atoms with Crippen molar-refractivity contribution in [3.8, 4) is 0 Å². The number of aryl methyl sites for hydroxylation is 2. The number of carbonyl (C=O) groups excluding carboxylic acids is 1. The molecule has 2 aromatic rings. The van der Waals surface area contributed by atoms with Gasteiger partial charge in [-0.3, -0.25) is 4.79 Å². The van der Waals surface area contributed by atoms with Gasteiger partial charge in [0.05, 0.1) is 10.6 Å². The predicted octanol–water partition coefficient (Wildman–Crippen LogP) is 3.54. The molecular formula is C18H23FN2O3S. The Kier molecular flexibility index (Phi) is 2.68. The van der Waals surface area contributed by atoms with Gasteiger partial charge in [0.2, 0.25) is 0 Å². The highest BCUT2D eigenvalue weighted by atomic mass is 32.2. The Bertz CT molecular complexity index is 1160. The van der Waals surface area contributed by atoms with Gasteiger partial charge in [0.15, 0.2) is 9.84 Å². The zero-order valence-corrected chi connectivity index (χ0v) is 14.4. The van der Waals surface area contributed by atoms with Crippen molar-refractivity contribution in [2.24, 2.45) is 12.5 Å². The van der Waals surface area contributed by atoms with E-state index in [1.165, 1.54) is 26.1 Å². The van der Waals surface area contributed by atoms with Gasteiger partial charge in [-0.05, 0) is 42.2 Å². The van der Waals surface area contributed by atoms with Crippen molar-refractivity contribution >= 4 is 21.4 Å². The summed E-state index contributed by atoms with van der Waals surface area (Å²) in [5, 5.41) is 2.46. The van der Waals surface area contributed by atoms with Crippen molar-refractivity contribution in [2.75, 3.05) is 11.1 Å². The topological polar surface area (TPSA) is 68.2 Å². The van der Waals surface area contributed by atoms with Crippen LogP contribution >= 0.6 is 0 Å². The summed E-state index contributed by atoms with van der Waals surface area (Å²) in [7, 11) is -3.50. The van der Waals surface area contributed by atoms with Crippen LogP contribution in [0.15, 0.2) is 35.4 Å². The third-order valence-electron chi connectivity index (χ3n) is 3.39. The Morgan fingerprint density at radius 2 is 2.00 bits per heavy atom. The first kappa shape index (κ1) is 10.1. The van der Waals surface area contributed by atoms with Crippen molar-refractivity contribution in [3.05, 3.63) is 47.5 Å². The summed E-state index contributed by atoms with van der Waals surface area (Å²) in [5.74, 6) is -3.01. The van der Waals surface area contributed by atoms with Gasteiger partial charge in [-0.2, -0.15) is 0 Å². The molecule has 1 amide bonds. The van der Waals surface area contributed by atoms with E-state index in [1.54, 1.807) is 0 Å². The summed E-state index contributed by atoms with van der Waals surface area (Å²) in [6, 6.07) is 4.65. The summed E-state index contributed by atoms with van der Waals surface area (Å²) in [4.78, 5) is 12.0. The highest BCUT2D eigenvalue weighted by Crippen LogP contribution is 2.24. The molecule has 0 saturated carbocycles. The first-order valence-electron chi connectivity index (χ1n) is 11.6. The molecular weight excluding hydrogens is 343 g/mol. The molecule has 0 bridgehead atoms. The molecule has 1 heterocycles. The molecule has 0 saturated heterocycles. The van der Waals surface area contributed by atoms with E-state index >= 15 is 0 Å². The van der Waals surface area contributed by atoms with E-state index in [1.807, 2.05) is 0 Å². The zero-order valence-electron chi connectivity index (χ0n) is 22.6. The Labute approximate surface area is 160 Å². The minimum Gasteiger partial charge on any atom is -0.345 e. The van der Waals surface area contributed by atoms with E-state index < -0.39 is 58.2 Å². The highest BCUT2D eigenvalue weighted by molar-refractivity contribution is 7.91. The fourth-order valence-corrected chi connectivity index (χ4v) is 3.56. The van der Waals surface area contributed by atoms with E-state index in [2.05, 4.69) is 5.32 Å². The molecule has 0 radical (unpaired) electrons. The number of rotatable bonds is 4. The third-order valence-corrected chi connectivity index (χ3v) is 5.15. The summed E-state index contributed by atoms with van der Waals surface area (Å²) in [6.45, 7) is -9.59. The third kappa shape index (κ3) is 4.69. The van der Waals surface area contributed by atoms with E-state index in [4.69, 9.17) is 12.3 Å². The fraction of sp³-hybridized carbons (Fsp3) is 0.389. The monoisotopic (exact) mass is 375 g/mol. The second-order valence-electron chi connectivity index (χ2n) is 5.75. The molecule has 0 unspecified atom stereocenters. The number of aromatic nitrogens is 1. The molecule has 0 aliphatic carbocycles. The predicted molar refractivity (Wildman–Crippen MR) is 96.0 cm³/mol. The second kappa shape index (κ2) is 6.63. The van der Waals surface area contributed by atoms with Crippen LogP contribution in [0.25, 0.3) is 0 Å². The smallest absolute Gasteiger partial charge is 0.272 e. The van der Waals surface area contributed by atoms with Gasteiger partial charge in [-0.25, -0.2) is 12.8 Å². The highest BCUT2D eigenvalue weighted by Gasteiger charge is 2.26. The Balaban J connectivity index is 2.50. The van der Waals surface area contributed by atoms with Gasteiger partial charge < -0.3 is 9.88 Å². The fourth-order valence-electron chi connectivity index (χ4n) is 2.22. The number of benzene rings is 1. The molecule has 5 nitrogen and oxygen atoms in total. The van der Waals surface area contributed by atoms with Crippen LogP contribution in [0.4, 0.5) is 10.1 Å². The minimum absolute atomic E-state index is 0.206. The van der Waals surface area contributed by atoms with Crippen LogP contribution in [-0.4, -0.2) is 24.6 Å². The largest absolute Gasteiger partial charge is 0.345 e. The van der Waals surface area contributed by atoms with Crippen molar-refractivity contribution in [2.45, 2.75) is 32.4 Å². The molecule has 0 fully saturated rings. The lowest BCUT2D eigenvalue weighted by Crippen LogP contribution is -2.20. The van der Waals surface area contributed by atoms with Gasteiger partial charge in [0.1, 0.15) is 11.5 Å². The first-order chi connectivity index (χ1) is 15.1. The first-order valence-corrected chi connectivity index (χ1v) is 8.76. The average molecular weight is 376 g/mol. The molecule has 0 spiro atoms. The van der Waals surface area contributed by atoms with Gasteiger partial charge in [-0.15, -0.1) is 0 Å². The number of carbonyl (C=O) groups is 1. The van der Waals surface area contributed by atoms with Crippen molar-refractivity contribution in [3.63, 3.8) is 0 Å². The van der Waals surface area contributed by atoms with Gasteiger partial charge in [-0.1, -0.05) is 20.6 Å². The molecule has 2 rings (SSSR count). The number of amides is 1. The molecule has 136 valence electrons. The summed E-state index contributed by atoms with van der Waals surface area (Å²) < 4.78 is 109.